The maximum Gasteiger partial charge on any atom is 0.177 e. The van der Waals surface area contributed by atoms with Crippen molar-refractivity contribution in [3.63, 3.8) is 0 Å². The molecule has 0 aliphatic heterocycles. The summed E-state index contributed by atoms with van der Waals surface area (Å²) in [6, 6.07) is 11.7. The van der Waals surface area contributed by atoms with Crippen LogP contribution in [0.5, 0.6) is 0 Å². The predicted octanol–water partition coefficient (Wildman–Crippen LogP) is 2.83. The summed E-state index contributed by atoms with van der Waals surface area (Å²) in [4.78, 5) is 4.06. The number of aromatic nitrogens is 2. The number of nitrogens with one attached hydrogen (secondary N) is 1. The van der Waals surface area contributed by atoms with Crippen LogP contribution in [0, 0.1) is 0 Å². The van der Waals surface area contributed by atoms with Crippen molar-refractivity contribution in [3.05, 3.63) is 54.4 Å². The summed E-state index contributed by atoms with van der Waals surface area (Å²) in [5, 5.41) is 8.24. The van der Waals surface area contributed by atoms with Crippen LogP contribution >= 0.6 is 0 Å². The molecule has 3 aromatic rings. The Labute approximate surface area is 98.3 Å². The third kappa shape index (κ3) is 1.97. The van der Waals surface area contributed by atoms with Gasteiger partial charge in [-0.3, -0.25) is 4.98 Å². The minimum atomic E-state index is 0.685. The van der Waals surface area contributed by atoms with E-state index in [2.05, 4.69) is 15.5 Å². The van der Waals surface area contributed by atoms with Gasteiger partial charge in [0.15, 0.2) is 11.4 Å². The van der Waals surface area contributed by atoms with Crippen molar-refractivity contribution in [2.24, 2.45) is 0 Å². The summed E-state index contributed by atoms with van der Waals surface area (Å²) in [7, 11) is 0. The largest absolute Gasteiger partial charge is 0.363 e. The quantitative estimate of drug-likeness (QED) is 0.744. The van der Waals surface area contributed by atoms with Crippen molar-refractivity contribution in [1.82, 2.24) is 10.1 Å². The van der Waals surface area contributed by atoms with Gasteiger partial charge in [0.25, 0.3) is 0 Å². The minimum absolute atomic E-state index is 0.685. The molecular weight excluding hydrogens is 214 g/mol. The normalized spacial score (nSPS) is 10.6. The van der Waals surface area contributed by atoms with Gasteiger partial charge < -0.3 is 9.84 Å². The van der Waals surface area contributed by atoms with E-state index in [0.29, 0.717) is 6.54 Å². The van der Waals surface area contributed by atoms with Crippen molar-refractivity contribution >= 4 is 16.8 Å². The van der Waals surface area contributed by atoms with Gasteiger partial charge >= 0.3 is 0 Å². The smallest absolute Gasteiger partial charge is 0.177 e. The molecule has 1 aromatic carbocycles. The first-order valence-electron chi connectivity index (χ1n) is 5.41. The minimum Gasteiger partial charge on any atom is -0.363 e. The molecule has 0 radical (unpaired) electrons. The van der Waals surface area contributed by atoms with Crippen LogP contribution in [-0.2, 0) is 6.54 Å². The van der Waals surface area contributed by atoms with E-state index in [1.807, 2.05) is 42.6 Å². The average molecular weight is 225 g/mol. The molecule has 0 aliphatic carbocycles. The second-order valence-corrected chi connectivity index (χ2v) is 3.74. The fraction of sp³-hybridized carbons (Fsp3) is 0.0769. The zero-order chi connectivity index (χ0) is 11.5. The van der Waals surface area contributed by atoms with Crippen LogP contribution in [-0.4, -0.2) is 10.1 Å². The second kappa shape index (κ2) is 4.25. The zero-order valence-electron chi connectivity index (χ0n) is 9.13. The van der Waals surface area contributed by atoms with Crippen LogP contribution in [0.4, 0.5) is 5.82 Å². The van der Waals surface area contributed by atoms with Crippen LogP contribution < -0.4 is 5.32 Å². The van der Waals surface area contributed by atoms with Gasteiger partial charge in [0.05, 0.1) is 5.39 Å². The third-order valence-corrected chi connectivity index (χ3v) is 2.56. The van der Waals surface area contributed by atoms with Crippen LogP contribution in [0.25, 0.3) is 11.0 Å². The number of benzene rings is 1. The summed E-state index contributed by atoms with van der Waals surface area (Å²) in [6.45, 7) is 0.685. The van der Waals surface area contributed by atoms with E-state index >= 15 is 0 Å². The van der Waals surface area contributed by atoms with E-state index in [1.54, 1.807) is 6.20 Å². The maximum atomic E-state index is 5.21. The molecule has 2 heterocycles. The zero-order valence-corrected chi connectivity index (χ0v) is 9.13. The summed E-state index contributed by atoms with van der Waals surface area (Å²) in [5.41, 5.74) is 1.90. The lowest BCUT2D eigenvalue weighted by Gasteiger charge is -2.01. The highest BCUT2D eigenvalue weighted by atomic mass is 16.5. The summed E-state index contributed by atoms with van der Waals surface area (Å²) in [5.74, 6) is 0.768. The molecule has 4 heteroatoms. The molecule has 0 saturated heterocycles. The molecule has 0 amide bonds. The summed E-state index contributed by atoms with van der Waals surface area (Å²) >= 11 is 0. The van der Waals surface area contributed by atoms with Gasteiger partial charge in [-0.15, -0.1) is 0 Å². The highest BCUT2D eigenvalue weighted by Crippen LogP contribution is 2.22. The van der Waals surface area contributed by atoms with Crippen LogP contribution in [0.2, 0.25) is 0 Å². The highest BCUT2D eigenvalue weighted by molar-refractivity contribution is 5.87. The molecule has 0 saturated carbocycles. The standard InChI is InChI=1S/C13H11N3O/c1-2-6-12-11(5-1)13(16-17-12)15-9-10-4-3-7-14-8-10/h1-8H,9H2,(H,15,16). The maximum absolute atomic E-state index is 5.21. The Kier molecular flexibility index (Phi) is 2.46. The lowest BCUT2D eigenvalue weighted by Crippen LogP contribution is -1.99. The molecule has 0 unspecified atom stereocenters. The molecule has 0 aliphatic rings. The molecule has 2 aromatic heterocycles. The highest BCUT2D eigenvalue weighted by Gasteiger charge is 2.05. The molecule has 3 rings (SSSR count). The number of rotatable bonds is 3. The summed E-state index contributed by atoms with van der Waals surface area (Å²) < 4.78 is 5.21. The first-order chi connectivity index (χ1) is 8.43. The van der Waals surface area contributed by atoms with Crippen molar-refractivity contribution in [2.75, 3.05) is 5.32 Å². The SMILES string of the molecule is c1cncc(CNc2noc3ccccc23)c1. The van der Waals surface area contributed by atoms with Gasteiger partial charge in [0.1, 0.15) is 0 Å². The van der Waals surface area contributed by atoms with Gasteiger partial charge in [-0.05, 0) is 23.8 Å². The van der Waals surface area contributed by atoms with Crippen molar-refractivity contribution in [3.8, 4) is 0 Å². The van der Waals surface area contributed by atoms with E-state index in [1.165, 1.54) is 0 Å². The van der Waals surface area contributed by atoms with E-state index in [-0.39, 0.29) is 0 Å². The van der Waals surface area contributed by atoms with E-state index < -0.39 is 0 Å². The Balaban J connectivity index is 1.82. The van der Waals surface area contributed by atoms with Crippen molar-refractivity contribution in [1.29, 1.82) is 0 Å². The van der Waals surface area contributed by atoms with Crippen LogP contribution in [0.1, 0.15) is 5.56 Å². The van der Waals surface area contributed by atoms with Gasteiger partial charge in [0, 0.05) is 18.9 Å². The first kappa shape index (κ1) is 9.84. The third-order valence-electron chi connectivity index (χ3n) is 2.56. The molecule has 1 N–H and O–H groups in total. The predicted molar refractivity (Wildman–Crippen MR) is 65.6 cm³/mol. The molecule has 17 heavy (non-hydrogen) atoms. The molecule has 84 valence electrons. The number of para-hydroxylation sites is 1. The lowest BCUT2D eigenvalue weighted by molar-refractivity contribution is 0.459. The monoisotopic (exact) mass is 225 g/mol. The van der Waals surface area contributed by atoms with Gasteiger partial charge in [-0.25, -0.2) is 0 Å². The summed E-state index contributed by atoms with van der Waals surface area (Å²) in [6.07, 6.45) is 3.59. The number of hydrogen-bond acceptors (Lipinski definition) is 4. The van der Waals surface area contributed by atoms with E-state index in [0.717, 1.165) is 22.4 Å². The molecule has 0 bridgehead atoms. The molecule has 0 fully saturated rings. The van der Waals surface area contributed by atoms with Crippen molar-refractivity contribution < 1.29 is 4.52 Å². The Bertz CT molecular complexity index is 619. The van der Waals surface area contributed by atoms with E-state index in [9.17, 15) is 0 Å². The lowest BCUT2D eigenvalue weighted by atomic mass is 10.2. The van der Waals surface area contributed by atoms with Gasteiger partial charge in [0.2, 0.25) is 0 Å². The number of anilines is 1. The first-order valence-corrected chi connectivity index (χ1v) is 5.41. The fourth-order valence-electron chi connectivity index (χ4n) is 1.70. The molecule has 4 nitrogen and oxygen atoms in total. The van der Waals surface area contributed by atoms with Gasteiger partial charge in [-0.1, -0.05) is 23.4 Å². The fourth-order valence-corrected chi connectivity index (χ4v) is 1.70. The average Bonchev–Trinajstić information content (AvgIpc) is 2.81. The molecule has 0 spiro atoms. The topological polar surface area (TPSA) is 51.0 Å². The number of hydrogen-bond donors (Lipinski definition) is 1. The molecule has 0 atom stereocenters. The van der Waals surface area contributed by atoms with Gasteiger partial charge in [-0.2, -0.15) is 0 Å². The number of nitrogens with zero attached hydrogens (tertiary/aromatic N) is 2. The Morgan fingerprint density at radius 1 is 1.12 bits per heavy atom. The number of fused-ring (bicyclic) bond motifs is 1. The Morgan fingerprint density at radius 3 is 2.94 bits per heavy atom. The second-order valence-electron chi connectivity index (χ2n) is 3.74. The van der Waals surface area contributed by atoms with Crippen molar-refractivity contribution in [2.45, 2.75) is 6.54 Å². The Morgan fingerprint density at radius 2 is 2.06 bits per heavy atom. The van der Waals surface area contributed by atoms with Crippen LogP contribution in [0.15, 0.2) is 53.3 Å². The number of pyridine rings is 1. The molecular formula is C13H11N3O. The Hall–Kier alpha value is -2.36. The van der Waals surface area contributed by atoms with E-state index in [4.69, 9.17) is 4.52 Å². The van der Waals surface area contributed by atoms with Crippen LogP contribution in [0.3, 0.4) is 0 Å².